The topological polar surface area (TPSA) is 75.7 Å². The van der Waals surface area contributed by atoms with Crippen LogP contribution >= 0.6 is 0 Å². The van der Waals surface area contributed by atoms with Crippen molar-refractivity contribution in [1.82, 2.24) is 10.2 Å². The Bertz CT molecular complexity index is 301. The third-order valence-electron chi connectivity index (χ3n) is 3.03. The predicted molar refractivity (Wildman–Crippen MR) is 69.7 cm³/mol. The highest BCUT2D eigenvalue weighted by Gasteiger charge is 2.19. The first-order chi connectivity index (χ1) is 9.24. The van der Waals surface area contributed by atoms with Crippen LogP contribution in [-0.2, 0) is 14.3 Å². The quantitative estimate of drug-likeness (QED) is 0.324. The lowest BCUT2D eigenvalue weighted by atomic mass is 10.1. The number of ether oxygens (including phenoxy) is 1. The van der Waals surface area contributed by atoms with Crippen LogP contribution in [-0.4, -0.2) is 49.4 Å². The molecule has 19 heavy (non-hydrogen) atoms. The van der Waals surface area contributed by atoms with Crippen LogP contribution in [0.25, 0.3) is 0 Å². The molecule has 6 nitrogen and oxygen atoms in total. The number of esters is 1. The number of piperazine rings is 1. The zero-order valence-corrected chi connectivity index (χ0v) is 11.2. The van der Waals surface area contributed by atoms with E-state index in [9.17, 15) is 14.4 Å². The molecule has 1 N–H and O–H groups in total. The smallest absolute Gasteiger partial charge is 0.376 e. The van der Waals surface area contributed by atoms with Crippen LogP contribution in [0.4, 0.5) is 4.79 Å². The summed E-state index contributed by atoms with van der Waals surface area (Å²) in [6.45, 7) is 2.63. The Kier molecular flexibility index (Phi) is 7.81. The number of nitrogens with zero attached hydrogens (tertiary/aromatic N) is 1. The molecule has 6 heteroatoms. The Morgan fingerprint density at radius 2 is 1.79 bits per heavy atom. The van der Waals surface area contributed by atoms with Gasteiger partial charge >= 0.3 is 12.1 Å². The zero-order valence-electron chi connectivity index (χ0n) is 11.2. The van der Waals surface area contributed by atoms with Gasteiger partial charge in [0, 0.05) is 39.0 Å². The van der Waals surface area contributed by atoms with E-state index in [-0.39, 0.29) is 6.42 Å². The Labute approximate surface area is 113 Å². The van der Waals surface area contributed by atoms with Crippen molar-refractivity contribution in [2.75, 3.05) is 26.2 Å². The normalized spacial score (nSPS) is 15.1. The fourth-order valence-corrected chi connectivity index (χ4v) is 1.91. The lowest BCUT2D eigenvalue weighted by Gasteiger charge is -2.25. The summed E-state index contributed by atoms with van der Waals surface area (Å²) < 4.78 is 4.78. The molecule has 0 aromatic rings. The maximum absolute atomic E-state index is 11.6. The number of nitrogens with one attached hydrogen (secondary N) is 1. The van der Waals surface area contributed by atoms with Crippen molar-refractivity contribution in [1.29, 1.82) is 0 Å². The van der Waals surface area contributed by atoms with Crippen LogP contribution in [0.15, 0.2) is 0 Å². The molecule has 0 atom stereocenters. The van der Waals surface area contributed by atoms with Crippen molar-refractivity contribution in [3.8, 4) is 0 Å². The second-order valence-corrected chi connectivity index (χ2v) is 4.60. The minimum atomic E-state index is -0.535. The van der Waals surface area contributed by atoms with Gasteiger partial charge in [-0.15, -0.1) is 0 Å². The lowest BCUT2D eigenvalue weighted by molar-refractivity contribution is -0.138. The van der Waals surface area contributed by atoms with Crippen molar-refractivity contribution >= 4 is 18.3 Å². The van der Waals surface area contributed by atoms with Crippen LogP contribution in [0, 0.1) is 0 Å². The highest BCUT2D eigenvalue weighted by atomic mass is 16.6. The van der Waals surface area contributed by atoms with Crippen molar-refractivity contribution in [3.05, 3.63) is 0 Å². The monoisotopic (exact) mass is 270 g/mol. The fraction of sp³-hybridized carbons (Fsp3) is 0.769. The van der Waals surface area contributed by atoms with Gasteiger partial charge in [-0.05, 0) is 12.8 Å². The van der Waals surface area contributed by atoms with E-state index in [1.165, 1.54) is 0 Å². The molecule has 1 aliphatic rings. The van der Waals surface area contributed by atoms with Crippen LogP contribution in [0.3, 0.4) is 0 Å². The molecule has 0 aromatic heterocycles. The van der Waals surface area contributed by atoms with E-state index in [0.29, 0.717) is 25.9 Å². The molecule has 0 bridgehead atoms. The van der Waals surface area contributed by atoms with E-state index >= 15 is 0 Å². The second-order valence-electron chi connectivity index (χ2n) is 4.60. The van der Waals surface area contributed by atoms with Gasteiger partial charge in [0.2, 0.25) is 0 Å². The molecule has 0 unspecified atom stereocenters. The average molecular weight is 270 g/mol. The molecule has 0 aliphatic carbocycles. The molecule has 1 fully saturated rings. The summed E-state index contributed by atoms with van der Waals surface area (Å²) in [6.07, 6.45) is 4.57. The molecule has 0 radical (unpaired) electrons. The average Bonchev–Trinajstić information content (AvgIpc) is 2.43. The summed E-state index contributed by atoms with van der Waals surface area (Å²) in [6, 6.07) is 0. The molecule has 108 valence electrons. The van der Waals surface area contributed by atoms with Gasteiger partial charge in [-0.25, -0.2) is 4.79 Å². The van der Waals surface area contributed by atoms with Crippen LogP contribution in [0.5, 0.6) is 0 Å². The van der Waals surface area contributed by atoms with E-state index in [1.807, 2.05) is 0 Å². The lowest BCUT2D eigenvalue weighted by Crippen LogP contribution is -2.47. The summed E-state index contributed by atoms with van der Waals surface area (Å²) in [5.41, 5.74) is 0. The van der Waals surface area contributed by atoms with Gasteiger partial charge in [0.1, 0.15) is 6.29 Å². The third kappa shape index (κ3) is 6.91. The van der Waals surface area contributed by atoms with Gasteiger partial charge in [0.15, 0.2) is 0 Å². The number of aldehydes is 1. The van der Waals surface area contributed by atoms with Crippen molar-refractivity contribution < 1.29 is 19.1 Å². The van der Waals surface area contributed by atoms with Gasteiger partial charge in [-0.3, -0.25) is 4.79 Å². The van der Waals surface area contributed by atoms with Gasteiger partial charge in [0.25, 0.3) is 0 Å². The summed E-state index contributed by atoms with van der Waals surface area (Å²) in [4.78, 5) is 34.7. The van der Waals surface area contributed by atoms with Crippen molar-refractivity contribution in [3.63, 3.8) is 0 Å². The van der Waals surface area contributed by atoms with E-state index < -0.39 is 12.1 Å². The molecule has 0 aromatic carbocycles. The Hall–Kier alpha value is -1.43. The van der Waals surface area contributed by atoms with Crippen LogP contribution in [0.1, 0.15) is 38.5 Å². The first-order valence-electron chi connectivity index (χ1n) is 6.88. The number of carbonyl (C=O) groups excluding carboxylic acids is 3. The molecule has 0 spiro atoms. The summed E-state index contributed by atoms with van der Waals surface area (Å²) in [7, 11) is 0. The fourth-order valence-electron chi connectivity index (χ4n) is 1.91. The molecular formula is C13H22N2O4. The summed E-state index contributed by atoms with van der Waals surface area (Å²) in [5.74, 6) is -0.459. The Morgan fingerprint density at radius 3 is 2.47 bits per heavy atom. The Morgan fingerprint density at radius 1 is 1.11 bits per heavy atom. The number of hydrogen-bond acceptors (Lipinski definition) is 5. The highest BCUT2D eigenvalue weighted by Crippen LogP contribution is 2.06. The molecule has 1 amide bonds. The molecule has 1 saturated heterocycles. The summed E-state index contributed by atoms with van der Waals surface area (Å²) in [5, 5.41) is 3.12. The summed E-state index contributed by atoms with van der Waals surface area (Å²) >= 11 is 0. The highest BCUT2D eigenvalue weighted by molar-refractivity contribution is 5.84. The maximum atomic E-state index is 11.6. The largest absolute Gasteiger partial charge is 0.417 e. The van der Waals surface area contributed by atoms with Crippen LogP contribution in [0.2, 0.25) is 0 Å². The standard InChI is InChI=1S/C13H22N2O4/c16-11-5-3-1-2-4-6-12(17)19-13(18)15-9-7-14-8-10-15/h11,14H,1-10H2. The molecule has 1 rings (SSSR count). The molecule has 1 heterocycles. The van der Waals surface area contributed by atoms with E-state index in [1.54, 1.807) is 4.90 Å². The zero-order chi connectivity index (χ0) is 13.9. The minimum Gasteiger partial charge on any atom is -0.376 e. The van der Waals surface area contributed by atoms with E-state index in [2.05, 4.69) is 5.32 Å². The van der Waals surface area contributed by atoms with Gasteiger partial charge in [0.05, 0.1) is 0 Å². The maximum Gasteiger partial charge on any atom is 0.417 e. The Balaban J connectivity index is 2.06. The van der Waals surface area contributed by atoms with Gasteiger partial charge in [-0.1, -0.05) is 12.8 Å². The first-order valence-corrected chi connectivity index (χ1v) is 6.88. The number of amides is 1. The minimum absolute atomic E-state index is 0.263. The van der Waals surface area contributed by atoms with E-state index in [4.69, 9.17) is 4.74 Å². The molecule has 1 aliphatic heterocycles. The molecule has 0 saturated carbocycles. The number of unbranched alkanes of at least 4 members (excludes halogenated alkanes) is 4. The van der Waals surface area contributed by atoms with Crippen molar-refractivity contribution in [2.24, 2.45) is 0 Å². The number of rotatable bonds is 7. The van der Waals surface area contributed by atoms with Gasteiger partial charge < -0.3 is 19.7 Å². The SMILES string of the molecule is O=CCCCCCCC(=O)OC(=O)N1CCNCC1. The molecular weight excluding hydrogens is 248 g/mol. The first kappa shape index (κ1) is 15.6. The predicted octanol–water partition coefficient (Wildman–Crippen LogP) is 1.09. The van der Waals surface area contributed by atoms with Gasteiger partial charge in [-0.2, -0.15) is 0 Å². The van der Waals surface area contributed by atoms with E-state index in [0.717, 1.165) is 38.6 Å². The second kappa shape index (κ2) is 9.49. The van der Waals surface area contributed by atoms with Crippen LogP contribution < -0.4 is 5.32 Å². The van der Waals surface area contributed by atoms with Crippen molar-refractivity contribution in [2.45, 2.75) is 38.5 Å². The third-order valence-corrected chi connectivity index (χ3v) is 3.03. The number of hydrogen-bond donors (Lipinski definition) is 1. The number of carbonyl (C=O) groups is 3.